The van der Waals surface area contributed by atoms with Crippen LogP contribution in [0, 0.1) is 0 Å². The molecule has 1 amide bonds. The molecule has 0 radical (unpaired) electrons. The zero-order chi connectivity index (χ0) is 21.4. The smallest absolute Gasteiger partial charge is 0.333 e. The highest BCUT2D eigenvalue weighted by Gasteiger charge is 2.12. The molecule has 0 aliphatic heterocycles. The summed E-state index contributed by atoms with van der Waals surface area (Å²) in [5, 5.41) is 2.81. The Bertz CT molecular complexity index is 433. The molecule has 0 spiro atoms. The van der Waals surface area contributed by atoms with E-state index in [0.29, 0.717) is 18.5 Å². The van der Waals surface area contributed by atoms with Crippen LogP contribution in [0.4, 0.5) is 0 Å². The Morgan fingerprint density at radius 2 is 1.29 bits per heavy atom. The summed E-state index contributed by atoms with van der Waals surface area (Å²) in [6, 6.07) is 0. The second kappa shape index (κ2) is 16.5. The summed E-state index contributed by atoms with van der Waals surface area (Å²) in [7, 11) is 0. The first-order valence-corrected chi connectivity index (χ1v) is 10.6. The molecule has 0 saturated heterocycles. The van der Waals surface area contributed by atoms with Crippen molar-refractivity contribution in [3.05, 3.63) is 12.2 Å². The van der Waals surface area contributed by atoms with E-state index in [9.17, 15) is 9.59 Å². The molecule has 0 atom stereocenters. The Morgan fingerprint density at radius 3 is 1.71 bits per heavy atom. The summed E-state index contributed by atoms with van der Waals surface area (Å²) in [6.45, 7) is 23.2. The molecule has 0 saturated carbocycles. The van der Waals surface area contributed by atoms with Crippen LogP contribution in [0.2, 0.25) is 0 Å². The lowest BCUT2D eigenvalue weighted by Gasteiger charge is -2.28. The Morgan fingerprint density at radius 1 is 0.821 bits per heavy atom. The quantitative estimate of drug-likeness (QED) is 0.228. The van der Waals surface area contributed by atoms with Gasteiger partial charge in [-0.1, -0.05) is 34.3 Å². The third-order valence-electron chi connectivity index (χ3n) is 4.91. The Balaban J connectivity index is 4.33. The van der Waals surface area contributed by atoms with Gasteiger partial charge in [-0.05, 0) is 33.1 Å². The molecule has 0 aliphatic carbocycles. The molecule has 0 aromatic heterocycles. The van der Waals surface area contributed by atoms with Crippen molar-refractivity contribution in [2.24, 2.45) is 0 Å². The second-order valence-corrected chi connectivity index (χ2v) is 6.91. The molecule has 0 aromatic carbocycles. The first kappa shape index (κ1) is 26.6. The average molecular weight is 399 g/mol. The molecule has 7 heteroatoms. The largest absolute Gasteiger partial charge is 0.460 e. The molecule has 1 N–H and O–H groups in total. The van der Waals surface area contributed by atoms with Crippen molar-refractivity contribution in [1.29, 1.82) is 0 Å². The molecule has 0 aromatic rings. The van der Waals surface area contributed by atoms with Crippen molar-refractivity contribution < 1.29 is 14.3 Å². The average Bonchev–Trinajstić information content (AvgIpc) is 2.69. The Hall–Kier alpha value is -1.44. The van der Waals surface area contributed by atoms with E-state index in [0.717, 1.165) is 58.9 Å². The summed E-state index contributed by atoms with van der Waals surface area (Å²) in [4.78, 5) is 30.6. The van der Waals surface area contributed by atoms with Gasteiger partial charge in [-0.3, -0.25) is 4.79 Å². The van der Waals surface area contributed by atoms with Gasteiger partial charge >= 0.3 is 5.97 Å². The van der Waals surface area contributed by atoms with Gasteiger partial charge in [0.15, 0.2) is 0 Å². The van der Waals surface area contributed by atoms with E-state index < -0.39 is 5.97 Å². The molecular formula is C21H42N4O3. The maximum atomic E-state index is 12.1. The highest BCUT2D eigenvalue weighted by Crippen LogP contribution is 1.98. The lowest BCUT2D eigenvalue weighted by Crippen LogP contribution is -2.41. The maximum absolute atomic E-state index is 12.1. The van der Waals surface area contributed by atoms with Crippen LogP contribution in [-0.2, 0) is 14.3 Å². The molecule has 164 valence electrons. The monoisotopic (exact) mass is 398 g/mol. The van der Waals surface area contributed by atoms with Gasteiger partial charge < -0.3 is 24.8 Å². The van der Waals surface area contributed by atoms with E-state index in [4.69, 9.17) is 4.74 Å². The Labute approximate surface area is 172 Å². The summed E-state index contributed by atoms with van der Waals surface area (Å²) < 4.78 is 4.98. The summed E-state index contributed by atoms with van der Waals surface area (Å²) in [6.07, 6.45) is 0.449. The topological polar surface area (TPSA) is 65.1 Å². The van der Waals surface area contributed by atoms with E-state index >= 15 is 0 Å². The van der Waals surface area contributed by atoms with Crippen molar-refractivity contribution in [2.45, 2.75) is 41.0 Å². The number of nitrogens with zero attached hydrogens (tertiary/aromatic N) is 3. The predicted octanol–water partition coefficient (Wildman–Crippen LogP) is 1.60. The first-order valence-electron chi connectivity index (χ1n) is 10.6. The third-order valence-corrected chi connectivity index (χ3v) is 4.91. The van der Waals surface area contributed by atoms with Crippen LogP contribution in [0.25, 0.3) is 0 Å². The summed E-state index contributed by atoms with van der Waals surface area (Å²) in [5.74, 6) is -0.435. The summed E-state index contributed by atoms with van der Waals surface area (Å²) >= 11 is 0. The highest BCUT2D eigenvalue weighted by atomic mass is 16.5. The first-order chi connectivity index (χ1) is 13.4. The number of esters is 1. The van der Waals surface area contributed by atoms with Gasteiger partial charge in [0.1, 0.15) is 6.61 Å². The van der Waals surface area contributed by atoms with E-state index in [2.05, 4.69) is 54.3 Å². The van der Waals surface area contributed by atoms with Crippen LogP contribution in [0.5, 0.6) is 0 Å². The normalized spacial score (nSPS) is 11.3. The predicted molar refractivity (Wildman–Crippen MR) is 115 cm³/mol. The van der Waals surface area contributed by atoms with Crippen LogP contribution in [-0.4, -0.2) is 98.6 Å². The fraction of sp³-hybridized carbons (Fsp3) is 0.810. The lowest BCUT2D eigenvalue weighted by atomic mass is 10.3. The second-order valence-electron chi connectivity index (χ2n) is 6.91. The van der Waals surface area contributed by atoms with Crippen LogP contribution in [0.15, 0.2) is 12.2 Å². The number of rotatable bonds is 17. The molecule has 0 unspecified atom stereocenters. The minimum Gasteiger partial charge on any atom is -0.460 e. The number of hydrogen-bond donors (Lipinski definition) is 1. The number of likely N-dealkylation sites (N-methyl/N-ethyl adjacent to an activating group) is 2. The van der Waals surface area contributed by atoms with Gasteiger partial charge in [0, 0.05) is 44.7 Å². The van der Waals surface area contributed by atoms with E-state index in [1.54, 1.807) is 6.92 Å². The number of nitrogens with one attached hydrogen (secondary N) is 1. The maximum Gasteiger partial charge on any atom is 0.333 e. The van der Waals surface area contributed by atoms with Gasteiger partial charge in [0.25, 0.3) is 0 Å². The number of hydrogen-bond acceptors (Lipinski definition) is 6. The minimum atomic E-state index is -0.423. The SMILES string of the molecule is C=C(C)C(=O)OCCNC(=O)CCN(CCN(CC)CC)CCN(CC)CC. The van der Waals surface area contributed by atoms with Gasteiger partial charge in [0.05, 0.1) is 6.54 Å². The minimum absolute atomic E-state index is 0.0120. The number of carbonyl (C=O) groups is 2. The fourth-order valence-corrected chi connectivity index (χ4v) is 2.79. The van der Waals surface area contributed by atoms with Crippen molar-refractivity contribution in [3.63, 3.8) is 0 Å². The third kappa shape index (κ3) is 12.9. The van der Waals surface area contributed by atoms with Crippen LogP contribution in [0.1, 0.15) is 41.0 Å². The Kier molecular flexibility index (Phi) is 15.7. The lowest BCUT2D eigenvalue weighted by molar-refractivity contribution is -0.139. The molecule has 0 aliphatic rings. The van der Waals surface area contributed by atoms with E-state index in [-0.39, 0.29) is 12.5 Å². The molecule has 7 nitrogen and oxygen atoms in total. The van der Waals surface area contributed by atoms with Crippen molar-refractivity contribution in [1.82, 2.24) is 20.0 Å². The number of ether oxygens (including phenoxy) is 1. The fourth-order valence-electron chi connectivity index (χ4n) is 2.79. The zero-order valence-electron chi connectivity index (χ0n) is 18.8. The van der Waals surface area contributed by atoms with Crippen LogP contribution >= 0.6 is 0 Å². The molecular weight excluding hydrogens is 356 g/mol. The van der Waals surface area contributed by atoms with Crippen LogP contribution < -0.4 is 5.32 Å². The van der Waals surface area contributed by atoms with Crippen molar-refractivity contribution in [3.8, 4) is 0 Å². The van der Waals surface area contributed by atoms with Gasteiger partial charge in [-0.15, -0.1) is 0 Å². The highest BCUT2D eigenvalue weighted by molar-refractivity contribution is 5.86. The number of carbonyl (C=O) groups excluding carboxylic acids is 2. The number of amides is 1. The molecule has 0 heterocycles. The van der Waals surface area contributed by atoms with Gasteiger partial charge in [-0.2, -0.15) is 0 Å². The van der Waals surface area contributed by atoms with Gasteiger partial charge in [0.2, 0.25) is 5.91 Å². The molecule has 28 heavy (non-hydrogen) atoms. The van der Waals surface area contributed by atoms with Gasteiger partial charge in [-0.25, -0.2) is 4.79 Å². The molecule has 0 bridgehead atoms. The summed E-state index contributed by atoms with van der Waals surface area (Å²) in [5.41, 5.74) is 0.364. The van der Waals surface area contributed by atoms with Crippen LogP contribution in [0.3, 0.4) is 0 Å². The standard InChI is InChI=1S/C21H42N4O3/c1-7-23(8-2)14-16-25(17-15-24(9-3)10-4)13-11-20(26)22-12-18-28-21(27)19(5)6/h5,7-18H2,1-4,6H3,(H,22,26). The van der Waals surface area contributed by atoms with E-state index in [1.165, 1.54) is 0 Å². The zero-order valence-corrected chi connectivity index (χ0v) is 18.8. The van der Waals surface area contributed by atoms with E-state index in [1.807, 2.05) is 0 Å². The van der Waals surface area contributed by atoms with Crippen molar-refractivity contribution in [2.75, 3.05) is 72.1 Å². The molecule has 0 rings (SSSR count). The van der Waals surface area contributed by atoms with Crippen molar-refractivity contribution >= 4 is 11.9 Å². The molecule has 0 fully saturated rings.